The maximum absolute atomic E-state index is 16.3. The first kappa shape index (κ1) is 68.9. The number of rotatable bonds is 13. The molecule has 0 saturated heterocycles. The van der Waals surface area contributed by atoms with E-state index in [9.17, 15) is 0 Å². The molecule has 8 aromatic rings. The van der Waals surface area contributed by atoms with E-state index in [1.807, 2.05) is 0 Å². The number of fused-ring (bicyclic) bond motifs is 4. The van der Waals surface area contributed by atoms with Crippen molar-refractivity contribution in [1.82, 2.24) is 0 Å². The molecule has 4 aromatic carbocycles. The van der Waals surface area contributed by atoms with Gasteiger partial charge in [0, 0.05) is 82.3 Å². The Labute approximate surface area is 579 Å². The molecule has 0 N–H and O–H groups in total. The number of alkyl halides is 18. The predicted octanol–water partition coefficient (Wildman–Crippen LogP) is 26.0. The van der Waals surface area contributed by atoms with Crippen LogP contribution < -0.4 is 0 Å². The predicted molar refractivity (Wildman–Crippen MR) is 367 cm³/mol. The van der Waals surface area contributed by atoms with Gasteiger partial charge in [-0.1, -0.05) is 109 Å². The highest BCUT2D eigenvalue weighted by molar-refractivity contribution is 8.12. The van der Waals surface area contributed by atoms with E-state index in [1.54, 1.807) is 109 Å². The Balaban J connectivity index is 0.871. The lowest BCUT2D eigenvalue weighted by Gasteiger charge is -2.47. The Hall–Kier alpha value is -7.22. The number of hydrogen-bond acceptors (Lipinski definition) is 6. The lowest BCUT2D eigenvalue weighted by Crippen LogP contribution is -2.48. The summed E-state index contributed by atoms with van der Waals surface area (Å²) in [6.45, 7) is 8.38. The normalized spacial score (nSPS) is 24.1. The first-order valence-electron chi connectivity index (χ1n) is 30.3. The summed E-state index contributed by atoms with van der Waals surface area (Å²) in [5, 5.41) is 0. The van der Waals surface area contributed by atoms with Crippen LogP contribution in [-0.2, 0) is 0 Å². The molecule has 1 saturated carbocycles. The largest absolute Gasteiger partial charge is 0.380 e. The molecule has 2 aliphatic heterocycles. The molecule has 14 rings (SSSR count). The molecule has 99 heavy (non-hydrogen) atoms. The lowest BCUT2D eigenvalue weighted by atomic mass is 9.71. The molecule has 4 aromatic heterocycles. The SMILES string of the molecule is Cc1sc(/C=C/c2cc(/C=C/C3=CC4=C5C(=C6C=C(c7ccccc7)S[C@]6(C)[C@@]4(C)S3)C(F)(F)C(F)(F)C5(F)F)cc(/C=C/c3cc(C4=C(c5cc(-c6ccccc6)sc5C)C(F)(F)C(F)(F)C4(F)F)c(C)s3)c2)cc1C1=C(c2cc(-c3ccccc3)sc2C)C(F)(F)C(F)(F)C1(F)F. The molecule has 0 unspecified atom stereocenters. The van der Waals surface area contributed by atoms with E-state index in [0.29, 0.717) is 31.3 Å². The Bertz CT molecular complexity index is 4810. The molecule has 4 aliphatic carbocycles. The van der Waals surface area contributed by atoms with Crippen LogP contribution in [0.4, 0.5) is 79.0 Å². The highest BCUT2D eigenvalue weighted by atomic mass is 32.2. The molecule has 24 heteroatoms. The third-order valence-electron chi connectivity index (χ3n) is 19.0. The van der Waals surface area contributed by atoms with Gasteiger partial charge < -0.3 is 0 Å². The second-order valence-electron chi connectivity index (χ2n) is 25.0. The molecule has 0 bridgehead atoms. The molecule has 1 fully saturated rings. The zero-order valence-electron chi connectivity index (χ0n) is 52.1. The smallest absolute Gasteiger partial charge is 0.194 e. The van der Waals surface area contributed by atoms with E-state index in [1.165, 1.54) is 96.2 Å². The van der Waals surface area contributed by atoms with Gasteiger partial charge in [-0.05, 0) is 181 Å². The Morgan fingerprint density at radius 2 is 0.606 bits per heavy atom. The molecule has 0 nitrogen and oxygen atoms in total. The highest BCUT2D eigenvalue weighted by Gasteiger charge is 2.85. The highest BCUT2D eigenvalue weighted by Crippen LogP contribution is 2.75. The van der Waals surface area contributed by atoms with Crippen LogP contribution in [0.5, 0.6) is 0 Å². The van der Waals surface area contributed by atoms with Crippen LogP contribution >= 0.6 is 68.9 Å². The fourth-order valence-corrected chi connectivity index (χ4v) is 20.8. The van der Waals surface area contributed by atoms with Crippen molar-refractivity contribution in [3.63, 3.8) is 0 Å². The van der Waals surface area contributed by atoms with Crippen molar-refractivity contribution < 1.29 is 79.0 Å². The van der Waals surface area contributed by atoms with E-state index in [4.69, 9.17) is 0 Å². The van der Waals surface area contributed by atoms with Crippen LogP contribution in [0.3, 0.4) is 0 Å². The summed E-state index contributed by atoms with van der Waals surface area (Å²) in [6.07, 6.45) is 11.0. The molecule has 2 atom stereocenters. The van der Waals surface area contributed by atoms with Crippen molar-refractivity contribution in [2.45, 2.75) is 104 Å². The van der Waals surface area contributed by atoms with E-state index < -0.39 is 130 Å². The van der Waals surface area contributed by atoms with Crippen molar-refractivity contribution in [3.05, 3.63) is 253 Å². The number of hydrogen-bond donors (Lipinski definition) is 0. The third kappa shape index (κ3) is 9.90. The molecule has 0 radical (unpaired) electrons. The number of benzene rings is 4. The van der Waals surface area contributed by atoms with Gasteiger partial charge >= 0.3 is 53.3 Å². The first-order valence-corrected chi connectivity index (χ1v) is 35.2. The van der Waals surface area contributed by atoms with Crippen LogP contribution in [0.15, 0.2) is 179 Å². The van der Waals surface area contributed by atoms with Gasteiger partial charge in [-0.3, -0.25) is 0 Å². The molecule has 6 aliphatic rings. The van der Waals surface area contributed by atoms with Crippen molar-refractivity contribution >= 4 is 126 Å². The minimum Gasteiger partial charge on any atom is -0.194 e. The topological polar surface area (TPSA) is 0 Å². The van der Waals surface area contributed by atoms with Gasteiger partial charge in [0.25, 0.3) is 0 Å². The summed E-state index contributed by atoms with van der Waals surface area (Å²) in [4.78, 5) is 1.56. The Morgan fingerprint density at radius 1 is 0.303 bits per heavy atom. The van der Waals surface area contributed by atoms with Crippen LogP contribution in [0.2, 0.25) is 0 Å². The minimum absolute atomic E-state index is 0.0349. The molecule has 6 heterocycles. The summed E-state index contributed by atoms with van der Waals surface area (Å²) < 4.78 is 286. The number of thiophene rings is 4. The van der Waals surface area contributed by atoms with Crippen molar-refractivity contribution in [1.29, 1.82) is 0 Å². The van der Waals surface area contributed by atoms with Crippen molar-refractivity contribution in [2.24, 2.45) is 0 Å². The molecule has 0 amide bonds. The van der Waals surface area contributed by atoms with Gasteiger partial charge in [0.2, 0.25) is 0 Å². The van der Waals surface area contributed by atoms with E-state index in [-0.39, 0.29) is 50.9 Å². The lowest BCUT2D eigenvalue weighted by molar-refractivity contribution is -0.258. The van der Waals surface area contributed by atoms with Gasteiger partial charge in [0.05, 0.1) is 9.49 Å². The molecule has 0 spiro atoms. The summed E-state index contributed by atoms with van der Waals surface area (Å²) in [5.41, 5.74) is -9.77. The van der Waals surface area contributed by atoms with E-state index in [2.05, 4.69) is 0 Å². The van der Waals surface area contributed by atoms with Crippen LogP contribution in [0.1, 0.15) is 87.6 Å². The molecular weight excluding hydrogens is 1440 g/mol. The Kier molecular flexibility index (Phi) is 15.9. The summed E-state index contributed by atoms with van der Waals surface area (Å²) in [7, 11) is 0. The monoisotopic (exact) mass is 1480 g/mol. The summed E-state index contributed by atoms with van der Waals surface area (Å²) >= 11 is 5.57. The van der Waals surface area contributed by atoms with Gasteiger partial charge in [-0.2, -0.15) is 79.0 Å². The van der Waals surface area contributed by atoms with Gasteiger partial charge in [-0.25, -0.2) is 0 Å². The number of allylic oxidation sites excluding steroid dienone is 9. The maximum Gasteiger partial charge on any atom is 0.380 e. The fraction of sp³-hybridized carbons (Fsp3) is 0.227. The zero-order valence-corrected chi connectivity index (χ0v) is 57.0. The van der Waals surface area contributed by atoms with Crippen LogP contribution in [0, 0.1) is 27.7 Å². The molecule has 510 valence electrons. The first-order chi connectivity index (χ1) is 46.2. The summed E-state index contributed by atoms with van der Waals surface area (Å²) in [5.74, 6) is -49.7. The van der Waals surface area contributed by atoms with Crippen molar-refractivity contribution in [3.8, 4) is 20.9 Å². The zero-order chi connectivity index (χ0) is 71.1. The van der Waals surface area contributed by atoms with Gasteiger partial charge in [0.15, 0.2) is 0 Å². The number of thioether (sulfide) groups is 2. The average molecular weight is 1480 g/mol. The van der Waals surface area contributed by atoms with Crippen LogP contribution in [0.25, 0.3) is 78.5 Å². The third-order valence-corrected chi connectivity index (χ3v) is 26.5. The van der Waals surface area contributed by atoms with Crippen LogP contribution in [-0.4, -0.2) is 62.8 Å². The van der Waals surface area contributed by atoms with Gasteiger partial charge in [0.1, 0.15) is 0 Å². The average Bonchev–Trinajstić information content (AvgIpc) is 1.49. The number of aryl methyl sites for hydroxylation is 4. The second-order valence-corrected chi connectivity index (χ2v) is 33.0. The standard InChI is InChI=1S/C75H48F18S6/c1-37-50(59-61(69(80,81)73(88,89)67(59,76)77)52-34-56(96-39(52)3)44-16-10-7-11-17-44)31-47(94-37)25-22-41-28-42(23-26-48-32-51(38(2)95-48)60-62(70(82,83)74(90,91)68(60,78)79)53-35-57(97-40(53)4)45-18-12-8-13-19-45)30-43(29-41)24-27-49-33-54-63-64(72(86,87)75(92,93)71(63,84)85)55-36-58(46-20-14-9-15-21-46)99-66(55,6)65(54,5)98-49/h7-36H,1-6H3/b25-22+,26-23+,27-24+/t65-,66-/m0/s1. The van der Waals surface area contributed by atoms with Gasteiger partial charge in [-0.15, -0.1) is 68.9 Å². The second kappa shape index (κ2) is 22.9. The molecular formula is C75H48F18S6. The Morgan fingerprint density at radius 3 is 0.980 bits per heavy atom. The summed E-state index contributed by atoms with van der Waals surface area (Å²) in [6, 6.07) is 34.1. The van der Waals surface area contributed by atoms with E-state index >= 15 is 79.0 Å². The maximum atomic E-state index is 16.3. The van der Waals surface area contributed by atoms with E-state index in [0.717, 1.165) is 87.1 Å². The fourth-order valence-electron chi connectivity index (χ4n) is 13.8. The number of halogens is 18. The van der Waals surface area contributed by atoms with Crippen molar-refractivity contribution in [2.75, 3.05) is 0 Å². The quantitative estimate of drug-likeness (QED) is 0.106. The minimum atomic E-state index is -5.87.